The molecule has 2 aromatic carbocycles. The summed E-state index contributed by atoms with van der Waals surface area (Å²) in [5.41, 5.74) is 3.49. The van der Waals surface area contributed by atoms with Crippen LogP contribution >= 0.6 is 0 Å². The Labute approximate surface area is 163 Å². The number of oxazole rings is 1. The Morgan fingerprint density at radius 3 is 2.71 bits per heavy atom. The van der Waals surface area contributed by atoms with Gasteiger partial charge in [0.25, 0.3) is 0 Å². The van der Waals surface area contributed by atoms with Crippen LogP contribution in [-0.4, -0.2) is 37.0 Å². The van der Waals surface area contributed by atoms with Crippen molar-refractivity contribution in [3.63, 3.8) is 0 Å². The minimum absolute atomic E-state index is 0.118. The van der Waals surface area contributed by atoms with E-state index in [1.807, 2.05) is 13.0 Å². The van der Waals surface area contributed by atoms with Gasteiger partial charge in [-0.2, -0.15) is 0 Å². The summed E-state index contributed by atoms with van der Waals surface area (Å²) in [6.45, 7) is 4.22. The number of fused-ring (bicyclic) bond motifs is 2. The van der Waals surface area contributed by atoms with Crippen LogP contribution in [-0.2, 0) is 30.0 Å². The number of nitrogens with one attached hydrogen (secondary N) is 1. The predicted octanol–water partition coefficient (Wildman–Crippen LogP) is 1.86. The number of aryl methyl sites for hydroxylation is 1. The quantitative estimate of drug-likeness (QED) is 0.705. The Morgan fingerprint density at radius 1 is 1.18 bits per heavy atom. The zero-order valence-electron chi connectivity index (χ0n) is 15.9. The van der Waals surface area contributed by atoms with E-state index in [9.17, 15) is 13.2 Å². The largest absolute Gasteiger partial charge is 0.419 e. The van der Waals surface area contributed by atoms with E-state index in [1.54, 1.807) is 7.05 Å². The molecule has 0 saturated carbocycles. The summed E-state index contributed by atoms with van der Waals surface area (Å²) in [5, 5.41) is 0. The molecule has 1 aliphatic heterocycles. The van der Waals surface area contributed by atoms with Gasteiger partial charge in [0.05, 0.1) is 10.4 Å². The van der Waals surface area contributed by atoms with Crippen molar-refractivity contribution in [2.24, 2.45) is 7.05 Å². The summed E-state index contributed by atoms with van der Waals surface area (Å²) >= 11 is 0. The van der Waals surface area contributed by atoms with Crippen LogP contribution in [0, 0.1) is 0 Å². The Morgan fingerprint density at radius 2 is 1.93 bits per heavy atom. The summed E-state index contributed by atoms with van der Waals surface area (Å²) in [7, 11) is -2.15. The molecule has 7 nitrogen and oxygen atoms in total. The smallest absolute Gasteiger partial charge is 0.408 e. The summed E-state index contributed by atoms with van der Waals surface area (Å²) in [4.78, 5) is 14.0. The first kappa shape index (κ1) is 18.9. The molecule has 1 aromatic heterocycles. The number of hydrogen-bond donors (Lipinski definition) is 1. The first-order chi connectivity index (χ1) is 13.3. The zero-order chi connectivity index (χ0) is 19.9. The molecule has 1 atom stereocenters. The Balaban J connectivity index is 1.47. The van der Waals surface area contributed by atoms with Gasteiger partial charge in [-0.05, 0) is 42.7 Å². The molecule has 8 heteroatoms. The fraction of sp³-hybridized carbons (Fsp3) is 0.350. The van der Waals surface area contributed by atoms with E-state index < -0.39 is 15.8 Å². The third-order valence-corrected chi connectivity index (χ3v) is 6.76. The normalized spacial score (nSPS) is 16.2. The summed E-state index contributed by atoms with van der Waals surface area (Å²) in [5.74, 6) is -0.517. The lowest BCUT2D eigenvalue weighted by Gasteiger charge is -2.31. The van der Waals surface area contributed by atoms with Crippen molar-refractivity contribution in [2.75, 3.05) is 13.1 Å². The molecule has 0 aliphatic carbocycles. The van der Waals surface area contributed by atoms with E-state index in [2.05, 4.69) is 27.8 Å². The Hall–Kier alpha value is -2.42. The highest BCUT2D eigenvalue weighted by atomic mass is 32.2. The summed E-state index contributed by atoms with van der Waals surface area (Å²) in [6, 6.07) is 12.5. The van der Waals surface area contributed by atoms with Gasteiger partial charge in [-0.25, -0.2) is 17.9 Å². The van der Waals surface area contributed by atoms with Crippen LogP contribution in [0.5, 0.6) is 0 Å². The van der Waals surface area contributed by atoms with Gasteiger partial charge >= 0.3 is 5.76 Å². The molecule has 148 valence electrons. The molecule has 3 aromatic rings. The maximum Gasteiger partial charge on any atom is 0.419 e. The number of sulfonamides is 1. The van der Waals surface area contributed by atoms with Gasteiger partial charge in [0.2, 0.25) is 10.0 Å². The van der Waals surface area contributed by atoms with E-state index in [-0.39, 0.29) is 10.9 Å². The van der Waals surface area contributed by atoms with Crippen LogP contribution in [0.4, 0.5) is 0 Å². The molecular formula is C20H23N3O4S. The van der Waals surface area contributed by atoms with Crippen molar-refractivity contribution >= 4 is 21.1 Å². The van der Waals surface area contributed by atoms with E-state index in [0.29, 0.717) is 17.6 Å². The highest BCUT2D eigenvalue weighted by molar-refractivity contribution is 7.89. The summed E-state index contributed by atoms with van der Waals surface area (Å²) in [6.07, 6.45) is 0.973. The average molecular weight is 401 g/mol. The molecule has 0 fully saturated rings. The van der Waals surface area contributed by atoms with Crippen molar-refractivity contribution in [2.45, 2.75) is 30.8 Å². The molecule has 1 N–H and O–H groups in total. The molecule has 4 rings (SSSR count). The maximum atomic E-state index is 12.8. The number of aromatic nitrogens is 1. The fourth-order valence-electron chi connectivity index (χ4n) is 3.74. The summed E-state index contributed by atoms with van der Waals surface area (Å²) < 4.78 is 34.7. The van der Waals surface area contributed by atoms with E-state index in [0.717, 1.165) is 19.5 Å². The molecule has 28 heavy (non-hydrogen) atoms. The fourth-order valence-corrected chi connectivity index (χ4v) is 5.00. The van der Waals surface area contributed by atoms with E-state index >= 15 is 0 Å². The number of rotatable bonds is 5. The second kappa shape index (κ2) is 7.20. The van der Waals surface area contributed by atoms with Gasteiger partial charge in [-0.1, -0.05) is 24.3 Å². The second-order valence-corrected chi connectivity index (χ2v) is 9.05. The predicted molar refractivity (Wildman–Crippen MR) is 107 cm³/mol. The van der Waals surface area contributed by atoms with Crippen LogP contribution in [0.25, 0.3) is 11.1 Å². The van der Waals surface area contributed by atoms with Crippen LogP contribution < -0.4 is 10.5 Å². The molecule has 0 radical (unpaired) electrons. The topological polar surface area (TPSA) is 84.6 Å². The van der Waals surface area contributed by atoms with Gasteiger partial charge in [0.1, 0.15) is 0 Å². The Kier molecular flexibility index (Phi) is 4.86. The maximum absolute atomic E-state index is 12.8. The molecule has 0 amide bonds. The van der Waals surface area contributed by atoms with Gasteiger partial charge in [0, 0.05) is 32.7 Å². The monoisotopic (exact) mass is 401 g/mol. The van der Waals surface area contributed by atoms with Crippen molar-refractivity contribution in [1.29, 1.82) is 0 Å². The first-order valence-corrected chi connectivity index (χ1v) is 10.7. The molecule has 0 bridgehead atoms. The standard InChI is InChI=1S/C20H23N3O4S/c1-14(12-23-10-9-15-5-3-4-6-16(15)13-23)21-28(25,26)17-7-8-19-18(11-17)22(2)20(24)27-19/h3-8,11,14,21H,9-10,12-13H2,1-2H3/t14-/m0/s1. The van der Waals surface area contributed by atoms with Gasteiger partial charge in [-0.3, -0.25) is 9.47 Å². The highest BCUT2D eigenvalue weighted by Crippen LogP contribution is 2.20. The second-order valence-electron chi connectivity index (χ2n) is 7.33. The minimum Gasteiger partial charge on any atom is -0.408 e. The lowest BCUT2D eigenvalue weighted by molar-refractivity contribution is 0.238. The molecule has 0 unspecified atom stereocenters. The van der Waals surface area contributed by atoms with Crippen molar-refractivity contribution in [3.8, 4) is 0 Å². The van der Waals surface area contributed by atoms with Crippen LogP contribution in [0.3, 0.4) is 0 Å². The number of nitrogens with zero attached hydrogens (tertiary/aromatic N) is 2. The third kappa shape index (κ3) is 3.63. The molecule has 0 saturated heterocycles. The van der Waals surface area contributed by atoms with E-state index in [4.69, 9.17) is 4.42 Å². The molecular weight excluding hydrogens is 378 g/mol. The third-order valence-electron chi connectivity index (χ3n) is 5.17. The molecule has 0 spiro atoms. The average Bonchev–Trinajstić information content (AvgIpc) is 2.95. The zero-order valence-corrected chi connectivity index (χ0v) is 16.7. The lowest BCUT2D eigenvalue weighted by atomic mass is 10.00. The van der Waals surface area contributed by atoms with Crippen LogP contribution in [0.2, 0.25) is 0 Å². The SMILES string of the molecule is C[C@@H](CN1CCc2ccccc2C1)NS(=O)(=O)c1ccc2oc(=O)n(C)c2c1. The first-order valence-electron chi connectivity index (χ1n) is 9.24. The highest BCUT2D eigenvalue weighted by Gasteiger charge is 2.22. The van der Waals surface area contributed by atoms with Crippen LogP contribution in [0.1, 0.15) is 18.1 Å². The lowest BCUT2D eigenvalue weighted by Crippen LogP contribution is -2.43. The number of benzene rings is 2. The minimum atomic E-state index is -3.70. The Bertz CT molecular complexity index is 1180. The molecule has 2 heterocycles. The van der Waals surface area contributed by atoms with Crippen molar-refractivity contribution < 1.29 is 12.8 Å². The van der Waals surface area contributed by atoms with Gasteiger partial charge in [-0.15, -0.1) is 0 Å². The van der Waals surface area contributed by atoms with Crippen molar-refractivity contribution in [3.05, 3.63) is 64.1 Å². The number of hydrogen-bond acceptors (Lipinski definition) is 5. The van der Waals surface area contributed by atoms with E-state index in [1.165, 1.54) is 33.9 Å². The van der Waals surface area contributed by atoms with Crippen LogP contribution in [0.15, 0.2) is 56.6 Å². The van der Waals surface area contributed by atoms with Gasteiger partial charge in [0.15, 0.2) is 5.58 Å². The van der Waals surface area contributed by atoms with Crippen molar-refractivity contribution in [1.82, 2.24) is 14.2 Å². The van der Waals surface area contributed by atoms with Gasteiger partial charge < -0.3 is 4.42 Å². The molecule has 1 aliphatic rings.